The first kappa shape index (κ1) is 50.8. The van der Waals surface area contributed by atoms with Crippen LogP contribution in [-0.4, -0.2) is 239 Å². The molecule has 25 heteroatoms. The molecule has 9 saturated heterocycles. The number of hydrogen-bond donors (Lipinski definition) is 11. The van der Waals surface area contributed by atoms with E-state index in [1.54, 1.807) is 13.8 Å². The Bertz CT molecular complexity index is 1550. The van der Waals surface area contributed by atoms with E-state index in [4.69, 9.17) is 46.8 Å². The Kier molecular flexibility index (Phi) is 16.4. The second-order valence-corrected chi connectivity index (χ2v) is 19.3. The Hall–Kier alpha value is 0.430. The van der Waals surface area contributed by atoms with Crippen molar-refractivity contribution in [2.45, 2.75) is 242 Å². The summed E-state index contributed by atoms with van der Waals surface area (Å²) in [7, 11) is 0. The molecule has 9 aliphatic heterocycles. The maximum atomic E-state index is 11.7. The molecule has 0 bridgehead atoms. The van der Waals surface area contributed by atoms with Crippen molar-refractivity contribution in [2.24, 2.45) is 0 Å². The van der Waals surface area contributed by atoms with Gasteiger partial charge in [0, 0.05) is 44.9 Å². The second kappa shape index (κ2) is 20.6. The third kappa shape index (κ3) is 9.63. The van der Waals surface area contributed by atoms with Crippen LogP contribution in [0.4, 0.5) is 0 Å². The van der Waals surface area contributed by atoms with Crippen molar-refractivity contribution in [1.82, 2.24) is 0 Å². The monoisotopic (exact) mass is 952 g/mol. The van der Waals surface area contributed by atoms with E-state index in [0.717, 1.165) is 0 Å². The van der Waals surface area contributed by atoms with Crippen molar-refractivity contribution in [3.63, 3.8) is 0 Å². The second-order valence-electron chi connectivity index (χ2n) is 18.9. The van der Waals surface area contributed by atoms with Gasteiger partial charge in [-0.3, -0.25) is 4.18 Å². The Morgan fingerprint density at radius 1 is 0.500 bits per heavy atom. The van der Waals surface area contributed by atoms with Gasteiger partial charge in [-0.1, -0.05) is 0 Å². The van der Waals surface area contributed by atoms with Gasteiger partial charge in [-0.25, -0.2) is 0 Å². The summed E-state index contributed by atoms with van der Waals surface area (Å²) in [5.41, 5.74) is 0. The van der Waals surface area contributed by atoms with E-state index in [1.165, 1.54) is 0 Å². The average Bonchev–Trinajstić information content (AvgIpc) is 3.24. The van der Waals surface area contributed by atoms with Gasteiger partial charge in [0.1, 0.15) is 104 Å². The molecule has 0 saturated carbocycles. The van der Waals surface area contributed by atoms with E-state index < -0.39 is 183 Å². The van der Waals surface area contributed by atoms with Crippen molar-refractivity contribution in [1.29, 1.82) is 0 Å². The van der Waals surface area contributed by atoms with Crippen molar-refractivity contribution in [3.8, 4) is 0 Å². The number of fused-ring (bicyclic) bond motifs is 6. The van der Waals surface area contributed by atoms with Crippen LogP contribution in [0.2, 0.25) is 0 Å². The van der Waals surface area contributed by atoms with E-state index in [9.17, 15) is 61.4 Å². The SMILES string of the molecule is C[C@@H]1O[C@@H]2C[C@@H]3O[C@H]4[C@H](C[C@H]3O[C@H]2[C@@H](O)[C@H]1OSO[O-])O[C@@H]1C(OC([C@@H]2O[C@H]3C[C@@H](O)[C@H]([C@H](O)C[C@@H](O)C[C@@H]5OC6C[C@@H](O)[C@H](C)OC6C(O)[C@H]5O)O[C@H]3[C@H](O)[C@H]2O)C[C@H]1O)[C@@H]4O.[Na+]. The van der Waals surface area contributed by atoms with Gasteiger partial charge in [-0.05, 0) is 13.8 Å². The zero-order valence-corrected chi connectivity index (χ0v) is 38.3. The summed E-state index contributed by atoms with van der Waals surface area (Å²) in [6, 6.07) is 0. The molecule has 0 aromatic heterocycles. The number of hydrogen-bond acceptors (Lipinski definition) is 24. The van der Waals surface area contributed by atoms with Gasteiger partial charge in [0.2, 0.25) is 0 Å². The number of rotatable bonds is 9. The van der Waals surface area contributed by atoms with Crippen LogP contribution in [0.1, 0.15) is 58.8 Å². The van der Waals surface area contributed by atoms with Crippen LogP contribution in [-0.2, 0) is 51.1 Å². The maximum Gasteiger partial charge on any atom is 1.00 e. The summed E-state index contributed by atoms with van der Waals surface area (Å²) in [5, 5.41) is 132. The molecule has 5 unspecified atom stereocenters. The maximum absolute atomic E-state index is 11.7. The molecule has 0 radical (unpaired) electrons. The minimum atomic E-state index is -1.65. The van der Waals surface area contributed by atoms with Gasteiger partial charge >= 0.3 is 29.6 Å². The van der Waals surface area contributed by atoms with Crippen molar-refractivity contribution in [3.05, 3.63) is 0 Å². The van der Waals surface area contributed by atoms with Crippen molar-refractivity contribution < 1.29 is 142 Å². The largest absolute Gasteiger partial charge is 1.00 e. The van der Waals surface area contributed by atoms with E-state index in [1.807, 2.05) is 0 Å². The molecular weight excluding hydrogens is 891 g/mol. The Balaban J connectivity index is 0.00000560. The molecule has 0 aliphatic carbocycles. The molecule has 9 heterocycles. The first-order valence-electron chi connectivity index (χ1n) is 22.0. The van der Waals surface area contributed by atoms with Gasteiger partial charge in [-0.2, -0.15) is 0 Å². The molecule has 11 N–H and O–H groups in total. The predicted octanol–water partition coefficient (Wildman–Crippen LogP) is -9.12. The topological polar surface area (TPSA) is 347 Å². The molecule has 64 heavy (non-hydrogen) atoms. The predicted molar refractivity (Wildman–Crippen MR) is 201 cm³/mol. The molecule has 362 valence electrons. The molecule has 0 spiro atoms. The molecule has 0 aromatic rings. The van der Waals surface area contributed by atoms with E-state index >= 15 is 0 Å². The summed E-state index contributed by atoms with van der Waals surface area (Å²) in [6.45, 7) is 3.32. The molecule has 23 nitrogen and oxygen atoms in total. The summed E-state index contributed by atoms with van der Waals surface area (Å²) in [5.74, 6) is 0. The smallest absolute Gasteiger partial charge is 0.709 e. The van der Waals surface area contributed by atoms with Crippen LogP contribution in [0.25, 0.3) is 0 Å². The summed E-state index contributed by atoms with van der Waals surface area (Å²) in [4.78, 5) is 0. The summed E-state index contributed by atoms with van der Waals surface area (Å²) < 4.78 is 64.0. The van der Waals surface area contributed by atoms with Gasteiger partial charge in [0.25, 0.3) is 0 Å². The van der Waals surface area contributed by atoms with Crippen molar-refractivity contribution >= 4 is 12.3 Å². The Morgan fingerprint density at radius 2 is 0.984 bits per heavy atom. The van der Waals surface area contributed by atoms with Gasteiger partial charge in [0.15, 0.2) is 0 Å². The van der Waals surface area contributed by atoms with Crippen LogP contribution >= 0.6 is 12.3 Å². The van der Waals surface area contributed by atoms with Crippen molar-refractivity contribution in [2.75, 3.05) is 0 Å². The zero-order chi connectivity index (χ0) is 44.8. The standard InChI is InChI=1S/C39H62O23S.Na/c1-10-13(41)5-20-34(53-10)26(46)25(45)19(54-20)4-12(40)3-14(42)32-15(43)6-22-36(60-32)28(48)27(47)35(58-22)21-7-16(44)33-39(59-21)30(50)38-24(57-33)9-18-17(56-38)8-23-37(55-18)29(49)31(11(2)52-23)61-63-62-51;/h10-51H,3-9H2,1-2H3;/q;+1/p-1/t10-,11-,12+,13+,14+,15+,16+,17-,18+,19-,20?,21?,22-,23+,24-,25-,26?,27+,28+,29-,30+,31-,32-,33-,34?,35-,36+,37+,38-,39?;/m0./s1. The fourth-order valence-electron chi connectivity index (χ4n) is 11.5. The Labute approximate surface area is 394 Å². The molecule has 9 rings (SSSR count). The molecule has 30 atom stereocenters. The van der Waals surface area contributed by atoms with Gasteiger partial charge in [0.05, 0.1) is 91.6 Å². The van der Waals surface area contributed by atoms with Crippen LogP contribution < -0.4 is 34.8 Å². The summed E-state index contributed by atoms with van der Waals surface area (Å²) >= 11 is 0.188. The first-order valence-corrected chi connectivity index (χ1v) is 22.7. The van der Waals surface area contributed by atoms with Crippen LogP contribution in [0.5, 0.6) is 0 Å². The van der Waals surface area contributed by atoms with Crippen LogP contribution in [0.15, 0.2) is 0 Å². The normalized spacial score (nSPS) is 55.8. The number of aliphatic hydroxyl groups is 11. The number of aliphatic hydroxyl groups excluding tert-OH is 11. The average molecular weight is 953 g/mol. The number of ether oxygens (including phenoxy) is 9. The molecule has 0 aromatic carbocycles. The van der Waals surface area contributed by atoms with E-state index in [-0.39, 0.29) is 80.4 Å². The van der Waals surface area contributed by atoms with E-state index in [0.29, 0.717) is 6.42 Å². The fourth-order valence-corrected chi connectivity index (χ4v) is 11.9. The fraction of sp³-hybridized carbons (Fsp3) is 1.00. The molecule has 0 amide bonds. The quantitative estimate of drug-likeness (QED) is 0.0442. The third-order valence-electron chi connectivity index (χ3n) is 14.8. The minimum Gasteiger partial charge on any atom is -0.709 e. The third-order valence-corrected chi connectivity index (χ3v) is 15.1. The molecule has 9 aliphatic rings. The molecular formula is C39H61NaO23S. The first-order chi connectivity index (χ1) is 30.0. The minimum absolute atomic E-state index is 0. The van der Waals surface area contributed by atoms with Gasteiger partial charge in [-0.15, -0.1) is 0 Å². The molecule has 9 fully saturated rings. The zero-order valence-electron chi connectivity index (χ0n) is 35.5. The summed E-state index contributed by atoms with van der Waals surface area (Å²) in [6.07, 6.45) is -32.1. The Morgan fingerprint density at radius 3 is 1.66 bits per heavy atom. The van der Waals surface area contributed by atoms with Crippen LogP contribution in [0.3, 0.4) is 0 Å². The van der Waals surface area contributed by atoms with Crippen LogP contribution in [0, 0.1) is 0 Å². The van der Waals surface area contributed by atoms with E-state index in [2.05, 4.69) is 4.33 Å². The van der Waals surface area contributed by atoms with Gasteiger partial charge < -0.3 is 108 Å².